The zero-order valence-electron chi connectivity index (χ0n) is 9.32. The number of thioether (sulfide) groups is 1. The number of benzene rings is 1. The third-order valence-corrected chi connectivity index (χ3v) is 3.66. The summed E-state index contributed by atoms with van der Waals surface area (Å²) in [5.74, 6) is 1.08. The summed E-state index contributed by atoms with van der Waals surface area (Å²) in [6, 6.07) is 7.79. The van der Waals surface area contributed by atoms with Gasteiger partial charge < -0.3 is 4.74 Å². The van der Waals surface area contributed by atoms with Crippen LogP contribution in [0.5, 0.6) is 5.75 Å². The van der Waals surface area contributed by atoms with E-state index in [1.165, 1.54) is 0 Å². The normalized spacial score (nSPS) is 12.2. The highest BCUT2D eigenvalue weighted by atomic mass is 32.2. The van der Waals surface area contributed by atoms with Crippen molar-refractivity contribution >= 4 is 17.5 Å². The van der Waals surface area contributed by atoms with Crippen molar-refractivity contribution in [2.24, 2.45) is 0 Å². The Morgan fingerprint density at radius 2 is 2.00 bits per heavy atom. The highest BCUT2D eigenvalue weighted by molar-refractivity contribution is 8.00. The Balaban J connectivity index is 2.67. The quantitative estimate of drug-likeness (QED) is 0.719. The largest absolute Gasteiger partial charge is 0.497 e. The summed E-state index contributed by atoms with van der Waals surface area (Å²) < 4.78 is 5.07. The summed E-state index contributed by atoms with van der Waals surface area (Å²) >= 11 is 1.61. The van der Waals surface area contributed by atoms with E-state index in [2.05, 4.69) is 0 Å². The van der Waals surface area contributed by atoms with Crippen molar-refractivity contribution in [1.29, 1.82) is 0 Å². The zero-order valence-corrected chi connectivity index (χ0v) is 10.1. The van der Waals surface area contributed by atoms with Crippen LogP contribution in [-0.2, 0) is 4.79 Å². The molecule has 1 aromatic rings. The molecule has 1 rings (SSSR count). The van der Waals surface area contributed by atoms with Gasteiger partial charge in [-0.15, -0.1) is 11.8 Å². The van der Waals surface area contributed by atoms with Crippen LogP contribution in [0, 0.1) is 0 Å². The lowest BCUT2D eigenvalue weighted by atomic mass is 10.2. The fourth-order valence-electron chi connectivity index (χ4n) is 1.27. The van der Waals surface area contributed by atoms with Crippen molar-refractivity contribution in [3.63, 3.8) is 0 Å². The topological polar surface area (TPSA) is 26.3 Å². The van der Waals surface area contributed by atoms with Crippen molar-refractivity contribution in [3.05, 3.63) is 24.3 Å². The predicted octanol–water partition coefficient (Wildman–Crippen LogP) is 3.15. The molecule has 0 spiro atoms. The van der Waals surface area contributed by atoms with E-state index in [-0.39, 0.29) is 11.0 Å². The average molecular weight is 224 g/mol. The first kappa shape index (κ1) is 12.1. The van der Waals surface area contributed by atoms with Gasteiger partial charge in [0.15, 0.2) is 0 Å². The number of hydrogen-bond donors (Lipinski definition) is 0. The van der Waals surface area contributed by atoms with Gasteiger partial charge in [0.25, 0.3) is 0 Å². The number of ether oxygens (including phenoxy) is 1. The van der Waals surface area contributed by atoms with Gasteiger partial charge in [-0.1, -0.05) is 6.92 Å². The zero-order chi connectivity index (χ0) is 11.3. The number of carbonyl (C=O) groups is 1. The van der Waals surface area contributed by atoms with Crippen LogP contribution in [0.4, 0.5) is 0 Å². The molecule has 0 aromatic heterocycles. The van der Waals surface area contributed by atoms with E-state index in [9.17, 15) is 4.79 Å². The van der Waals surface area contributed by atoms with Crippen molar-refractivity contribution in [2.45, 2.75) is 30.4 Å². The van der Waals surface area contributed by atoms with Crippen LogP contribution in [0.15, 0.2) is 29.2 Å². The number of hydrogen-bond acceptors (Lipinski definition) is 3. The Bertz CT molecular complexity index is 319. The monoisotopic (exact) mass is 224 g/mol. The van der Waals surface area contributed by atoms with Crippen LogP contribution >= 0.6 is 11.8 Å². The summed E-state index contributed by atoms with van der Waals surface area (Å²) in [6.07, 6.45) is 0.867. The average Bonchev–Trinajstić information content (AvgIpc) is 2.26. The minimum absolute atomic E-state index is 0.0680. The first-order chi connectivity index (χ1) is 7.17. The van der Waals surface area contributed by atoms with Crippen LogP contribution < -0.4 is 4.74 Å². The van der Waals surface area contributed by atoms with Crippen molar-refractivity contribution in [2.75, 3.05) is 7.11 Å². The molecule has 2 nitrogen and oxygen atoms in total. The van der Waals surface area contributed by atoms with Crippen LogP contribution in [0.1, 0.15) is 20.3 Å². The van der Waals surface area contributed by atoms with Gasteiger partial charge in [-0.25, -0.2) is 0 Å². The molecule has 0 aliphatic heterocycles. The van der Waals surface area contributed by atoms with E-state index in [0.29, 0.717) is 0 Å². The molecule has 0 saturated heterocycles. The number of ketones is 1. The molecule has 0 bridgehead atoms. The summed E-state index contributed by atoms with van der Waals surface area (Å²) in [5.41, 5.74) is 0. The van der Waals surface area contributed by atoms with Crippen molar-refractivity contribution < 1.29 is 9.53 Å². The molecule has 1 unspecified atom stereocenters. The molecule has 0 aliphatic rings. The third kappa shape index (κ3) is 3.59. The minimum atomic E-state index is 0.0680. The summed E-state index contributed by atoms with van der Waals surface area (Å²) in [7, 11) is 1.65. The maximum Gasteiger partial charge on any atom is 0.143 e. The molecule has 0 N–H and O–H groups in total. The second kappa shape index (κ2) is 5.81. The number of rotatable bonds is 5. The highest BCUT2D eigenvalue weighted by Crippen LogP contribution is 2.27. The maximum atomic E-state index is 11.3. The second-order valence-electron chi connectivity index (χ2n) is 3.30. The van der Waals surface area contributed by atoms with Gasteiger partial charge in [0, 0.05) is 4.90 Å². The van der Waals surface area contributed by atoms with Gasteiger partial charge >= 0.3 is 0 Å². The SMILES string of the molecule is CCC(Sc1ccc(OC)cc1)C(C)=O. The van der Waals surface area contributed by atoms with Crippen molar-refractivity contribution in [1.82, 2.24) is 0 Å². The van der Waals surface area contributed by atoms with Crippen LogP contribution in [-0.4, -0.2) is 18.1 Å². The maximum absolute atomic E-state index is 11.3. The Hall–Kier alpha value is -0.960. The first-order valence-corrected chi connectivity index (χ1v) is 5.86. The van der Waals surface area contributed by atoms with Gasteiger partial charge in [0.1, 0.15) is 11.5 Å². The Labute approximate surface area is 95.0 Å². The highest BCUT2D eigenvalue weighted by Gasteiger charge is 2.12. The Morgan fingerprint density at radius 3 is 2.40 bits per heavy atom. The van der Waals surface area contributed by atoms with Crippen LogP contribution in [0.3, 0.4) is 0 Å². The molecular weight excluding hydrogens is 208 g/mol. The number of Topliss-reactive ketones (excluding diaryl/α,β-unsaturated/α-hetero) is 1. The summed E-state index contributed by atoms with van der Waals surface area (Å²) in [5, 5.41) is 0.0680. The van der Waals surface area contributed by atoms with E-state index in [1.807, 2.05) is 31.2 Å². The van der Waals surface area contributed by atoms with Gasteiger partial charge in [0.05, 0.1) is 12.4 Å². The second-order valence-corrected chi connectivity index (χ2v) is 4.58. The van der Waals surface area contributed by atoms with E-state index in [4.69, 9.17) is 4.74 Å². The van der Waals surface area contributed by atoms with Crippen molar-refractivity contribution in [3.8, 4) is 5.75 Å². The molecular formula is C12H16O2S. The predicted molar refractivity (Wildman–Crippen MR) is 63.6 cm³/mol. The van der Waals surface area contributed by atoms with E-state index in [1.54, 1.807) is 25.8 Å². The minimum Gasteiger partial charge on any atom is -0.497 e. The first-order valence-electron chi connectivity index (χ1n) is 4.98. The van der Waals surface area contributed by atoms with E-state index in [0.717, 1.165) is 17.1 Å². The summed E-state index contributed by atoms with van der Waals surface area (Å²) in [6.45, 7) is 3.67. The van der Waals surface area contributed by atoms with E-state index < -0.39 is 0 Å². The molecule has 15 heavy (non-hydrogen) atoms. The lowest BCUT2D eigenvalue weighted by Gasteiger charge is -2.10. The third-order valence-electron chi connectivity index (χ3n) is 2.16. The van der Waals surface area contributed by atoms with Gasteiger partial charge in [-0.3, -0.25) is 4.79 Å². The molecule has 0 saturated carbocycles. The molecule has 1 atom stereocenters. The van der Waals surface area contributed by atoms with Gasteiger partial charge in [-0.2, -0.15) is 0 Å². The molecule has 0 heterocycles. The molecule has 82 valence electrons. The Morgan fingerprint density at radius 1 is 1.40 bits per heavy atom. The number of methoxy groups -OCH3 is 1. The van der Waals surface area contributed by atoms with Crippen LogP contribution in [0.2, 0.25) is 0 Å². The number of carbonyl (C=O) groups excluding carboxylic acids is 1. The lowest BCUT2D eigenvalue weighted by Crippen LogP contribution is -2.11. The van der Waals surface area contributed by atoms with E-state index >= 15 is 0 Å². The molecule has 0 fully saturated rings. The fourth-order valence-corrected chi connectivity index (χ4v) is 2.23. The molecule has 0 radical (unpaired) electrons. The summed E-state index contributed by atoms with van der Waals surface area (Å²) in [4.78, 5) is 12.4. The molecule has 1 aromatic carbocycles. The molecule has 3 heteroatoms. The molecule has 0 aliphatic carbocycles. The smallest absolute Gasteiger partial charge is 0.143 e. The Kier molecular flexibility index (Phi) is 4.69. The lowest BCUT2D eigenvalue weighted by molar-refractivity contribution is -0.116. The van der Waals surface area contributed by atoms with Gasteiger partial charge in [0.2, 0.25) is 0 Å². The molecule has 0 amide bonds. The fraction of sp³-hybridized carbons (Fsp3) is 0.417. The standard InChI is InChI=1S/C12H16O2S/c1-4-12(9(2)13)15-11-7-5-10(14-3)6-8-11/h5-8,12H,4H2,1-3H3. The van der Waals surface area contributed by atoms with Gasteiger partial charge in [-0.05, 0) is 37.6 Å². The van der Waals surface area contributed by atoms with Crippen LogP contribution in [0.25, 0.3) is 0 Å².